The lowest BCUT2D eigenvalue weighted by Gasteiger charge is -2.32. The van der Waals surface area contributed by atoms with Crippen LogP contribution in [0.5, 0.6) is 11.6 Å². The van der Waals surface area contributed by atoms with Gasteiger partial charge < -0.3 is 14.2 Å². The Kier molecular flexibility index (Phi) is 6.33. The summed E-state index contributed by atoms with van der Waals surface area (Å²) in [6, 6.07) is 15.7. The number of amides is 1. The van der Waals surface area contributed by atoms with E-state index in [0.29, 0.717) is 24.5 Å². The number of aryl methyl sites for hydroxylation is 1. The third-order valence-electron chi connectivity index (χ3n) is 6.07. The van der Waals surface area contributed by atoms with Gasteiger partial charge >= 0.3 is 0 Å². The van der Waals surface area contributed by atoms with Crippen molar-refractivity contribution < 1.29 is 9.53 Å². The number of nitrogens with zero attached hydrogens (tertiary/aromatic N) is 5. The first kappa shape index (κ1) is 21.8. The van der Waals surface area contributed by atoms with Gasteiger partial charge in [-0.25, -0.2) is 9.97 Å². The van der Waals surface area contributed by atoms with Crippen LogP contribution >= 0.6 is 0 Å². The van der Waals surface area contributed by atoms with Crippen LogP contribution in [0.25, 0.3) is 0 Å². The van der Waals surface area contributed by atoms with Crippen LogP contribution in [0.15, 0.2) is 79.6 Å². The van der Waals surface area contributed by atoms with Crippen molar-refractivity contribution in [3.05, 3.63) is 102 Å². The number of likely N-dealkylation sites (tertiary alicyclic amines) is 1. The van der Waals surface area contributed by atoms with Gasteiger partial charge in [0.25, 0.3) is 5.91 Å². The van der Waals surface area contributed by atoms with Crippen LogP contribution < -0.4 is 4.74 Å². The van der Waals surface area contributed by atoms with E-state index in [2.05, 4.69) is 9.97 Å². The topological polar surface area (TPSA) is 73.1 Å². The molecule has 0 bridgehead atoms. The van der Waals surface area contributed by atoms with Gasteiger partial charge in [0.2, 0.25) is 5.88 Å². The monoisotopic (exact) mass is 453 g/mol. The van der Waals surface area contributed by atoms with Crippen LogP contribution in [0.2, 0.25) is 0 Å². The zero-order valence-electron chi connectivity index (χ0n) is 19.2. The van der Waals surface area contributed by atoms with Gasteiger partial charge in [0.1, 0.15) is 5.75 Å². The number of hydrogen-bond acceptors (Lipinski definition) is 5. The van der Waals surface area contributed by atoms with Crippen molar-refractivity contribution in [3.8, 4) is 11.6 Å². The predicted octanol–water partition coefficient (Wildman–Crippen LogP) is 4.84. The molecule has 7 nitrogen and oxygen atoms in total. The van der Waals surface area contributed by atoms with Gasteiger partial charge in [-0.1, -0.05) is 24.3 Å². The standard InChI is InChI=1S/C27H27N5O2/c1-20-5-2-9-24(13-20)34-26-16-29-15-25(30-26)23-8-4-11-32(18-23)27(33)22-7-3-6-21(14-22)17-31-12-10-28-19-31/h2-3,5-7,9-10,12-16,19,23H,4,8,11,17-18H2,1H3/t23-/m0/s1. The molecule has 2 aromatic heterocycles. The predicted molar refractivity (Wildman–Crippen MR) is 129 cm³/mol. The Labute approximate surface area is 199 Å². The molecular formula is C27H27N5O2. The fourth-order valence-electron chi connectivity index (χ4n) is 4.39. The third-order valence-corrected chi connectivity index (χ3v) is 6.07. The normalized spacial score (nSPS) is 15.8. The molecular weight excluding hydrogens is 426 g/mol. The van der Waals surface area contributed by atoms with Crippen LogP contribution in [-0.2, 0) is 6.54 Å². The van der Waals surface area contributed by atoms with E-state index in [-0.39, 0.29) is 11.8 Å². The van der Waals surface area contributed by atoms with Crippen LogP contribution in [0, 0.1) is 6.92 Å². The first-order valence-corrected chi connectivity index (χ1v) is 11.5. The Morgan fingerprint density at radius 2 is 2.03 bits per heavy atom. The van der Waals surface area contributed by atoms with Gasteiger partial charge in [-0.15, -0.1) is 0 Å². The quantitative estimate of drug-likeness (QED) is 0.418. The van der Waals surface area contributed by atoms with Gasteiger partial charge in [0.15, 0.2) is 0 Å². The number of piperidine rings is 1. The lowest BCUT2D eigenvalue weighted by atomic mass is 9.94. The molecule has 172 valence electrons. The molecule has 0 spiro atoms. The van der Waals surface area contributed by atoms with Gasteiger partial charge in [-0.3, -0.25) is 9.78 Å². The number of imidazole rings is 1. The highest BCUT2D eigenvalue weighted by atomic mass is 16.5. The van der Waals surface area contributed by atoms with Crippen LogP contribution in [0.4, 0.5) is 0 Å². The maximum Gasteiger partial charge on any atom is 0.253 e. The summed E-state index contributed by atoms with van der Waals surface area (Å²) in [7, 11) is 0. The second-order valence-electron chi connectivity index (χ2n) is 8.73. The average Bonchev–Trinajstić information content (AvgIpc) is 3.37. The maximum atomic E-state index is 13.3. The molecule has 2 aromatic carbocycles. The Hall–Kier alpha value is -4.00. The first-order valence-electron chi connectivity index (χ1n) is 11.5. The molecule has 1 saturated heterocycles. The first-order chi connectivity index (χ1) is 16.6. The highest BCUT2D eigenvalue weighted by Crippen LogP contribution is 2.28. The molecule has 0 N–H and O–H groups in total. The van der Waals surface area contributed by atoms with Crippen LogP contribution in [-0.4, -0.2) is 43.4 Å². The van der Waals surface area contributed by atoms with E-state index >= 15 is 0 Å². The minimum absolute atomic E-state index is 0.0531. The summed E-state index contributed by atoms with van der Waals surface area (Å²) in [6.07, 6.45) is 10.8. The van der Waals surface area contributed by atoms with Crippen LogP contribution in [0.3, 0.4) is 0 Å². The van der Waals surface area contributed by atoms with E-state index in [1.165, 1.54) is 0 Å². The van der Waals surface area contributed by atoms with Crippen molar-refractivity contribution in [1.29, 1.82) is 0 Å². The number of benzene rings is 2. The molecule has 3 heterocycles. The minimum Gasteiger partial charge on any atom is -0.437 e. The summed E-state index contributed by atoms with van der Waals surface area (Å²) in [5.41, 5.74) is 3.76. The number of rotatable bonds is 6. The fourth-order valence-corrected chi connectivity index (χ4v) is 4.39. The van der Waals surface area contributed by atoms with Gasteiger partial charge in [-0.05, 0) is 55.2 Å². The van der Waals surface area contributed by atoms with Gasteiger partial charge in [0.05, 0.1) is 18.2 Å². The molecule has 1 atom stereocenters. The lowest BCUT2D eigenvalue weighted by Crippen LogP contribution is -2.39. The van der Waals surface area contributed by atoms with Crippen molar-refractivity contribution in [1.82, 2.24) is 24.4 Å². The van der Waals surface area contributed by atoms with Gasteiger partial charge in [-0.2, -0.15) is 0 Å². The third kappa shape index (κ3) is 5.14. The number of aromatic nitrogens is 4. The number of carbonyl (C=O) groups is 1. The van der Waals surface area contributed by atoms with Crippen molar-refractivity contribution in [2.75, 3.05) is 13.1 Å². The second kappa shape index (κ2) is 9.87. The zero-order chi connectivity index (χ0) is 23.3. The summed E-state index contributed by atoms with van der Waals surface area (Å²) >= 11 is 0. The smallest absolute Gasteiger partial charge is 0.253 e. The summed E-state index contributed by atoms with van der Waals surface area (Å²) in [4.78, 5) is 28.4. The highest BCUT2D eigenvalue weighted by Gasteiger charge is 2.27. The molecule has 1 fully saturated rings. The largest absolute Gasteiger partial charge is 0.437 e. The molecule has 34 heavy (non-hydrogen) atoms. The number of hydrogen-bond donors (Lipinski definition) is 0. The fraction of sp³-hybridized carbons (Fsp3) is 0.259. The molecule has 0 unspecified atom stereocenters. The van der Waals surface area contributed by atoms with Crippen molar-refractivity contribution in [2.24, 2.45) is 0 Å². The molecule has 7 heteroatoms. The molecule has 0 saturated carbocycles. The summed E-state index contributed by atoms with van der Waals surface area (Å²) in [5, 5.41) is 0. The molecule has 0 radical (unpaired) electrons. The molecule has 1 amide bonds. The number of ether oxygens (including phenoxy) is 1. The molecule has 1 aliphatic rings. The molecule has 5 rings (SSSR count). The maximum absolute atomic E-state index is 13.3. The highest BCUT2D eigenvalue weighted by molar-refractivity contribution is 5.94. The number of carbonyl (C=O) groups excluding carboxylic acids is 1. The van der Waals surface area contributed by atoms with Crippen molar-refractivity contribution >= 4 is 5.91 Å². The second-order valence-corrected chi connectivity index (χ2v) is 8.73. The Bertz CT molecular complexity index is 1270. The zero-order valence-corrected chi connectivity index (χ0v) is 19.2. The van der Waals surface area contributed by atoms with E-state index in [0.717, 1.165) is 42.0 Å². The lowest BCUT2D eigenvalue weighted by molar-refractivity contribution is 0.0705. The Balaban J connectivity index is 1.28. The van der Waals surface area contributed by atoms with Crippen LogP contribution in [0.1, 0.15) is 45.9 Å². The summed E-state index contributed by atoms with van der Waals surface area (Å²) in [5.74, 6) is 1.39. The van der Waals surface area contributed by atoms with Crippen molar-refractivity contribution in [3.63, 3.8) is 0 Å². The minimum atomic E-state index is 0.0531. The van der Waals surface area contributed by atoms with E-state index in [1.54, 1.807) is 24.9 Å². The molecule has 4 aromatic rings. The van der Waals surface area contributed by atoms with E-state index in [4.69, 9.17) is 9.72 Å². The van der Waals surface area contributed by atoms with Gasteiger partial charge in [0, 0.05) is 49.7 Å². The Morgan fingerprint density at radius 1 is 1.12 bits per heavy atom. The van der Waals surface area contributed by atoms with E-state index in [9.17, 15) is 4.79 Å². The average molecular weight is 454 g/mol. The summed E-state index contributed by atoms with van der Waals surface area (Å²) in [6.45, 7) is 4.07. The van der Waals surface area contributed by atoms with Crippen molar-refractivity contribution in [2.45, 2.75) is 32.2 Å². The molecule has 1 aliphatic heterocycles. The Morgan fingerprint density at radius 3 is 2.88 bits per heavy atom. The molecule has 0 aliphatic carbocycles. The SMILES string of the molecule is Cc1cccc(Oc2cncc([C@H]3CCCN(C(=O)c4cccc(Cn5ccnc5)c4)C3)n2)c1. The summed E-state index contributed by atoms with van der Waals surface area (Å²) < 4.78 is 7.92. The van der Waals surface area contributed by atoms with E-state index in [1.807, 2.05) is 71.1 Å². The van der Waals surface area contributed by atoms with E-state index < -0.39 is 0 Å².